The number of hydrogen-bond acceptors (Lipinski definition) is 5. The molecule has 0 radical (unpaired) electrons. The highest BCUT2D eigenvalue weighted by Crippen LogP contribution is 2.25. The minimum atomic E-state index is -0.951. The number of anilines is 1. The van der Waals surface area contributed by atoms with Crippen LogP contribution in [0.5, 0.6) is 0 Å². The third-order valence-electron chi connectivity index (χ3n) is 2.62. The van der Waals surface area contributed by atoms with Crippen LogP contribution < -0.4 is 4.90 Å². The average molecular weight is 251 g/mol. The SMILES string of the molecule is CC(C)N(C)c1ncc2scc(C(=O)O)c2n1. The average Bonchev–Trinajstić information content (AvgIpc) is 2.70. The van der Waals surface area contributed by atoms with Gasteiger partial charge in [0.1, 0.15) is 5.52 Å². The molecule has 6 heteroatoms. The van der Waals surface area contributed by atoms with Gasteiger partial charge in [-0.05, 0) is 13.8 Å². The van der Waals surface area contributed by atoms with E-state index in [0.29, 0.717) is 11.5 Å². The normalized spacial score (nSPS) is 11.1. The van der Waals surface area contributed by atoms with Crippen molar-refractivity contribution in [2.45, 2.75) is 19.9 Å². The number of carboxylic acids is 1. The van der Waals surface area contributed by atoms with E-state index < -0.39 is 5.97 Å². The first kappa shape index (κ1) is 11.8. The molecule has 0 aromatic carbocycles. The van der Waals surface area contributed by atoms with Crippen molar-refractivity contribution in [2.75, 3.05) is 11.9 Å². The Kier molecular flexibility index (Phi) is 2.97. The molecule has 0 amide bonds. The Hall–Kier alpha value is -1.69. The van der Waals surface area contributed by atoms with Crippen LogP contribution >= 0.6 is 11.3 Å². The van der Waals surface area contributed by atoms with Crippen molar-refractivity contribution in [3.8, 4) is 0 Å². The second-order valence-corrected chi connectivity index (χ2v) is 4.95. The highest BCUT2D eigenvalue weighted by molar-refractivity contribution is 7.17. The first-order chi connectivity index (χ1) is 8.00. The zero-order valence-electron chi connectivity index (χ0n) is 9.84. The summed E-state index contributed by atoms with van der Waals surface area (Å²) in [5.41, 5.74) is 0.755. The van der Waals surface area contributed by atoms with Gasteiger partial charge in [0.25, 0.3) is 0 Å². The Balaban J connectivity index is 2.55. The first-order valence-corrected chi connectivity index (χ1v) is 6.09. The predicted octanol–water partition coefficient (Wildman–Crippen LogP) is 2.23. The lowest BCUT2D eigenvalue weighted by Crippen LogP contribution is -2.27. The summed E-state index contributed by atoms with van der Waals surface area (Å²) >= 11 is 1.35. The van der Waals surface area contributed by atoms with Gasteiger partial charge in [0.05, 0.1) is 16.5 Å². The maximum absolute atomic E-state index is 11.0. The van der Waals surface area contributed by atoms with Gasteiger partial charge in [0.2, 0.25) is 5.95 Å². The zero-order valence-corrected chi connectivity index (χ0v) is 10.7. The van der Waals surface area contributed by atoms with Crippen molar-refractivity contribution < 1.29 is 9.90 Å². The zero-order chi connectivity index (χ0) is 12.6. The molecule has 1 N–H and O–H groups in total. The summed E-state index contributed by atoms with van der Waals surface area (Å²) in [5, 5.41) is 10.6. The Bertz CT molecular complexity index is 565. The van der Waals surface area contributed by atoms with Crippen LogP contribution in [0.25, 0.3) is 10.2 Å². The van der Waals surface area contributed by atoms with Crippen LogP contribution in [-0.4, -0.2) is 34.1 Å². The van der Waals surface area contributed by atoms with Gasteiger partial charge in [-0.1, -0.05) is 0 Å². The highest BCUT2D eigenvalue weighted by atomic mass is 32.1. The summed E-state index contributed by atoms with van der Waals surface area (Å²) in [4.78, 5) is 21.5. The third-order valence-corrected chi connectivity index (χ3v) is 3.53. The first-order valence-electron chi connectivity index (χ1n) is 5.21. The molecule has 90 valence electrons. The Morgan fingerprint density at radius 1 is 1.53 bits per heavy atom. The summed E-state index contributed by atoms with van der Waals surface area (Å²) in [5.74, 6) is -0.401. The number of carboxylic acid groups (broad SMARTS) is 1. The van der Waals surface area contributed by atoms with Crippen LogP contribution in [-0.2, 0) is 0 Å². The van der Waals surface area contributed by atoms with Gasteiger partial charge in [-0.2, -0.15) is 0 Å². The van der Waals surface area contributed by atoms with Crippen LogP contribution in [0.15, 0.2) is 11.6 Å². The summed E-state index contributed by atoms with van der Waals surface area (Å²) in [6.45, 7) is 4.05. The van der Waals surface area contributed by atoms with Crippen molar-refractivity contribution in [3.63, 3.8) is 0 Å². The van der Waals surface area contributed by atoms with Crippen LogP contribution in [0, 0.1) is 0 Å². The monoisotopic (exact) mass is 251 g/mol. The maximum atomic E-state index is 11.0. The minimum absolute atomic E-state index is 0.241. The van der Waals surface area contributed by atoms with Gasteiger partial charge in [0, 0.05) is 18.5 Å². The molecule has 2 aromatic heterocycles. The highest BCUT2D eigenvalue weighted by Gasteiger charge is 2.15. The van der Waals surface area contributed by atoms with E-state index in [9.17, 15) is 4.79 Å². The number of carbonyl (C=O) groups is 1. The number of aromatic nitrogens is 2. The van der Waals surface area contributed by atoms with Crippen molar-refractivity contribution in [2.24, 2.45) is 0 Å². The van der Waals surface area contributed by atoms with E-state index in [0.717, 1.165) is 4.70 Å². The van der Waals surface area contributed by atoms with E-state index in [4.69, 9.17) is 5.11 Å². The number of aromatic carboxylic acids is 1. The molecule has 2 rings (SSSR count). The van der Waals surface area contributed by atoms with E-state index in [2.05, 4.69) is 9.97 Å². The molecule has 5 nitrogen and oxygen atoms in total. The number of rotatable bonds is 3. The second-order valence-electron chi connectivity index (χ2n) is 4.04. The van der Waals surface area contributed by atoms with Crippen molar-refractivity contribution in [3.05, 3.63) is 17.1 Å². The van der Waals surface area contributed by atoms with E-state index in [1.807, 2.05) is 25.8 Å². The van der Waals surface area contributed by atoms with Gasteiger partial charge in [-0.3, -0.25) is 0 Å². The number of hydrogen-bond donors (Lipinski definition) is 1. The smallest absolute Gasteiger partial charge is 0.338 e. The lowest BCUT2D eigenvalue weighted by atomic mass is 10.3. The number of fused-ring (bicyclic) bond motifs is 1. The number of thiophene rings is 1. The minimum Gasteiger partial charge on any atom is -0.478 e. The van der Waals surface area contributed by atoms with Gasteiger partial charge in [0.15, 0.2) is 0 Å². The molecule has 0 bridgehead atoms. The van der Waals surface area contributed by atoms with Crippen molar-refractivity contribution in [1.82, 2.24) is 9.97 Å². The molecule has 17 heavy (non-hydrogen) atoms. The number of nitrogens with zero attached hydrogens (tertiary/aromatic N) is 3. The molecule has 0 aliphatic rings. The Morgan fingerprint density at radius 3 is 2.82 bits per heavy atom. The fourth-order valence-corrected chi connectivity index (χ4v) is 2.21. The summed E-state index contributed by atoms with van der Waals surface area (Å²) in [6.07, 6.45) is 1.67. The summed E-state index contributed by atoms with van der Waals surface area (Å²) < 4.78 is 0.795. The molecule has 0 saturated carbocycles. The standard InChI is InChI=1S/C11H13N3O2S/c1-6(2)14(3)11-12-4-8-9(13-11)7(5-17-8)10(15)16/h4-6H,1-3H3,(H,15,16). The van der Waals surface area contributed by atoms with Gasteiger partial charge < -0.3 is 10.0 Å². The molecule has 0 aliphatic heterocycles. The second kappa shape index (κ2) is 4.29. The molecule has 2 heterocycles. The molecular weight excluding hydrogens is 238 g/mol. The lowest BCUT2D eigenvalue weighted by Gasteiger charge is -2.20. The fraction of sp³-hybridized carbons (Fsp3) is 0.364. The van der Waals surface area contributed by atoms with E-state index in [1.165, 1.54) is 11.3 Å². The molecule has 0 fully saturated rings. The fourth-order valence-electron chi connectivity index (χ4n) is 1.37. The van der Waals surface area contributed by atoms with Gasteiger partial charge in [-0.15, -0.1) is 11.3 Å². The lowest BCUT2D eigenvalue weighted by molar-refractivity contribution is 0.0699. The summed E-state index contributed by atoms with van der Waals surface area (Å²) in [6, 6.07) is 0.263. The molecular formula is C11H13N3O2S. The van der Waals surface area contributed by atoms with Crippen molar-refractivity contribution in [1.29, 1.82) is 0 Å². The maximum Gasteiger partial charge on any atom is 0.338 e. The Morgan fingerprint density at radius 2 is 2.24 bits per heavy atom. The topological polar surface area (TPSA) is 66.3 Å². The van der Waals surface area contributed by atoms with Crippen LogP contribution in [0.2, 0.25) is 0 Å². The van der Waals surface area contributed by atoms with Crippen LogP contribution in [0.3, 0.4) is 0 Å². The van der Waals surface area contributed by atoms with Crippen molar-refractivity contribution >= 4 is 33.5 Å². The molecule has 2 aromatic rings. The molecule has 0 aliphatic carbocycles. The predicted molar refractivity (Wildman–Crippen MR) is 67.9 cm³/mol. The quantitative estimate of drug-likeness (QED) is 0.906. The van der Waals surface area contributed by atoms with Crippen LogP contribution in [0.1, 0.15) is 24.2 Å². The summed E-state index contributed by atoms with van der Waals surface area (Å²) in [7, 11) is 1.89. The molecule has 0 saturated heterocycles. The third kappa shape index (κ3) is 2.08. The van der Waals surface area contributed by atoms with Gasteiger partial charge in [-0.25, -0.2) is 14.8 Å². The van der Waals surface area contributed by atoms with E-state index in [-0.39, 0.29) is 11.6 Å². The van der Waals surface area contributed by atoms with Crippen LogP contribution in [0.4, 0.5) is 5.95 Å². The Labute approximate surface area is 103 Å². The molecule has 0 unspecified atom stereocenters. The molecule has 0 atom stereocenters. The molecule has 0 spiro atoms. The largest absolute Gasteiger partial charge is 0.478 e. The van der Waals surface area contributed by atoms with E-state index in [1.54, 1.807) is 11.6 Å². The van der Waals surface area contributed by atoms with E-state index >= 15 is 0 Å². The van der Waals surface area contributed by atoms with Gasteiger partial charge >= 0.3 is 5.97 Å².